The molecule has 0 radical (unpaired) electrons. The van der Waals surface area contributed by atoms with E-state index in [1.807, 2.05) is 13.8 Å². The Morgan fingerprint density at radius 2 is 1.61 bits per heavy atom. The van der Waals surface area contributed by atoms with Crippen LogP contribution in [0.5, 0.6) is 0 Å². The van der Waals surface area contributed by atoms with Gasteiger partial charge in [0, 0.05) is 30.8 Å². The number of benzene rings is 1. The summed E-state index contributed by atoms with van der Waals surface area (Å²) in [5, 5.41) is 11.7. The monoisotopic (exact) mass is 320 g/mol. The van der Waals surface area contributed by atoms with Gasteiger partial charge in [0.1, 0.15) is 0 Å². The van der Waals surface area contributed by atoms with Gasteiger partial charge in [0.05, 0.1) is 5.41 Å². The maximum absolute atomic E-state index is 12.2. The van der Waals surface area contributed by atoms with E-state index in [4.69, 9.17) is 5.11 Å². The molecule has 0 heterocycles. The zero-order chi connectivity index (χ0) is 17.6. The molecule has 0 saturated heterocycles. The van der Waals surface area contributed by atoms with E-state index in [0.29, 0.717) is 24.3 Å². The molecule has 2 N–H and O–H groups in total. The van der Waals surface area contributed by atoms with Crippen molar-refractivity contribution in [2.24, 2.45) is 5.41 Å². The predicted octanol–water partition coefficient (Wildman–Crippen LogP) is 2.61. The van der Waals surface area contributed by atoms with E-state index in [2.05, 4.69) is 5.32 Å². The zero-order valence-corrected chi connectivity index (χ0v) is 14.0. The molecule has 1 rings (SSSR count). The quantitative estimate of drug-likeness (QED) is 0.808. The number of rotatable bonds is 7. The van der Waals surface area contributed by atoms with Crippen molar-refractivity contribution in [2.45, 2.75) is 34.1 Å². The molecule has 0 aromatic heterocycles. The Labute approximate surface area is 136 Å². The number of aliphatic carboxylic acids is 1. The minimum Gasteiger partial charge on any atom is -0.481 e. The molecule has 0 atom stereocenters. The predicted molar refractivity (Wildman–Crippen MR) is 88.4 cm³/mol. The van der Waals surface area contributed by atoms with Crippen molar-refractivity contribution >= 4 is 23.5 Å². The number of nitrogens with zero attached hydrogens (tertiary/aromatic N) is 1. The van der Waals surface area contributed by atoms with Crippen LogP contribution >= 0.6 is 0 Å². The van der Waals surface area contributed by atoms with Crippen molar-refractivity contribution in [3.63, 3.8) is 0 Å². The van der Waals surface area contributed by atoms with Crippen molar-refractivity contribution in [1.29, 1.82) is 0 Å². The van der Waals surface area contributed by atoms with Crippen LogP contribution in [0.1, 0.15) is 44.5 Å². The smallest absolute Gasteiger partial charge is 0.309 e. The highest BCUT2D eigenvalue weighted by molar-refractivity contribution is 5.96. The number of amides is 2. The molecule has 0 unspecified atom stereocenters. The van der Waals surface area contributed by atoms with Crippen LogP contribution < -0.4 is 5.32 Å². The number of hydrogen-bond donors (Lipinski definition) is 2. The lowest BCUT2D eigenvalue weighted by atomic mass is 9.89. The SMILES string of the molecule is CCN(CC)C(=O)c1ccc(NC(=O)CC(C)(C)C(=O)O)cc1. The summed E-state index contributed by atoms with van der Waals surface area (Å²) < 4.78 is 0. The van der Waals surface area contributed by atoms with Gasteiger partial charge in [-0.15, -0.1) is 0 Å². The average Bonchev–Trinajstić information content (AvgIpc) is 2.48. The molecular formula is C17H24N2O4. The Morgan fingerprint density at radius 3 is 2.04 bits per heavy atom. The van der Waals surface area contributed by atoms with Crippen LogP contribution in [-0.4, -0.2) is 40.9 Å². The molecule has 6 nitrogen and oxygen atoms in total. The Morgan fingerprint density at radius 1 is 1.09 bits per heavy atom. The molecule has 6 heteroatoms. The fraction of sp³-hybridized carbons (Fsp3) is 0.471. The lowest BCUT2D eigenvalue weighted by Gasteiger charge is -2.19. The molecule has 0 fully saturated rings. The molecule has 2 amide bonds. The summed E-state index contributed by atoms with van der Waals surface area (Å²) in [5.41, 5.74) is -0.0345. The highest BCUT2D eigenvalue weighted by atomic mass is 16.4. The van der Waals surface area contributed by atoms with Crippen LogP contribution in [0.3, 0.4) is 0 Å². The Kier molecular flexibility index (Phi) is 6.30. The van der Waals surface area contributed by atoms with Crippen molar-refractivity contribution in [2.75, 3.05) is 18.4 Å². The van der Waals surface area contributed by atoms with E-state index < -0.39 is 11.4 Å². The van der Waals surface area contributed by atoms with Crippen molar-refractivity contribution in [1.82, 2.24) is 4.90 Å². The Balaban J connectivity index is 2.73. The molecule has 0 aliphatic carbocycles. The first kappa shape index (κ1) is 18.7. The number of carboxylic acids is 1. The third-order valence-electron chi connectivity index (χ3n) is 3.65. The summed E-state index contributed by atoms with van der Waals surface area (Å²) in [5.74, 6) is -1.45. The lowest BCUT2D eigenvalue weighted by Crippen LogP contribution is -2.30. The zero-order valence-electron chi connectivity index (χ0n) is 14.0. The van der Waals surface area contributed by atoms with Gasteiger partial charge in [-0.05, 0) is 52.0 Å². The number of carboxylic acid groups (broad SMARTS) is 1. The van der Waals surface area contributed by atoms with Crippen LogP contribution in [-0.2, 0) is 9.59 Å². The van der Waals surface area contributed by atoms with Gasteiger partial charge < -0.3 is 15.3 Å². The molecule has 1 aromatic rings. The van der Waals surface area contributed by atoms with Crippen LogP contribution in [0.25, 0.3) is 0 Å². The molecule has 0 saturated carbocycles. The topological polar surface area (TPSA) is 86.7 Å². The van der Waals surface area contributed by atoms with E-state index in [0.717, 1.165) is 0 Å². The van der Waals surface area contributed by atoms with E-state index in [-0.39, 0.29) is 18.2 Å². The second kappa shape index (κ2) is 7.76. The van der Waals surface area contributed by atoms with Crippen molar-refractivity contribution in [3.8, 4) is 0 Å². The second-order valence-corrected chi connectivity index (χ2v) is 5.97. The number of carbonyl (C=O) groups excluding carboxylic acids is 2. The largest absolute Gasteiger partial charge is 0.481 e. The third-order valence-corrected chi connectivity index (χ3v) is 3.65. The van der Waals surface area contributed by atoms with E-state index in [9.17, 15) is 14.4 Å². The summed E-state index contributed by atoms with van der Waals surface area (Å²) in [4.78, 5) is 36.8. The minimum atomic E-state index is -1.12. The van der Waals surface area contributed by atoms with Gasteiger partial charge in [0.25, 0.3) is 5.91 Å². The summed E-state index contributed by atoms with van der Waals surface area (Å²) >= 11 is 0. The summed E-state index contributed by atoms with van der Waals surface area (Å²) in [6.45, 7) is 8.11. The van der Waals surface area contributed by atoms with Crippen molar-refractivity contribution in [3.05, 3.63) is 29.8 Å². The highest BCUT2D eigenvalue weighted by Gasteiger charge is 2.30. The molecule has 0 aliphatic rings. The standard InChI is InChI=1S/C17H24N2O4/c1-5-19(6-2)15(21)12-7-9-13(10-8-12)18-14(20)11-17(3,4)16(22)23/h7-10H,5-6,11H2,1-4H3,(H,18,20)(H,22,23). The fourth-order valence-electron chi connectivity index (χ4n) is 2.07. The number of carbonyl (C=O) groups is 3. The van der Waals surface area contributed by atoms with Crippen molar-refractivity contribution < 1.29 is 19.5 Å². The van der Waals surface area contributed by atoms with Gasteiger partial charge >= 0.3 is 5.97 Å². The molecule has 0 spiro atoms. The summed E-state index contributed by atoms with van der Waals surface area (Å²) in [6.07, 6.45) is -0.123. The molecule has 1 aromatic carbocycles. The summed E-state index contributed by atoms with van der Waals surface area (Å²) in [6, 6.07) is 6.59. The van der Waals surface area contributed by atoms with Gasteiger partial charge in [-0.3, -0.25) is 14.4 Å². The first-order chi connectivity index (χ1) is 10.7. The number of anilines is 1. The van der Waals surface area contributed by atoms with Gasteiger partial charge in [-0.25, -0.2) is 0 Å². The fourth-order valence-corrected chi connectivity index (χ4v) is 2.07. The molecule has 126 valence electrons. The summed E-state index contributed by atoms with van der Waals surface area (Å²) in [7, 11) is 0. The minimum absolute atomic E-state index is 0.0557. The van der Waals surface area contributed by atoms with Gasteiger partial charge in [-0.2, -0.15) is 0 Å². The normalized spacial score (nSPS) is 11.0. The highest BCUT2D eigenvalue weighted by Crippen LogP contribution is 2.21. The van der Waals surface area contributed by atoms with Gasteiger partial charge in [0.2, 0.25) is 5.91 Å². The molecule has 23 heavy (non-hydrogen) atoms. The van der Waals surface area contributed by atoms with Crippen LogP contribution in [0.2, 0.25) is 0 Å². The Hall–Kier alpha value is -2.37. The Bertz CT molecular complexity index is 575. The maximum Gasteiger partial charge on any atom is 0.309 e. The third kappa shape index (κ3) is 5.09. The maximum atomic E-state index is 12.2. The number of nitrogens with one attached hydrogen (secondary N) is 1. The second-order valence-electron chi connectivity index (χ2n) is 5.97. The van der Waals surface area contributed by atoms with Crippen LogP contribution in [0.4, 0.5) is 5.69 Å². The van der Waals surface area contributed by atoms with Crippen LogP contribution in [0.15, 0.2) is 24.3 Å². The van der Waals surface area contributed by atoms with E-state index >= 15 is 0 Å². The van der Waals surface area contributed by atoms with Crippen LogP contribution in [0, 0.1) is 5.41 Å². The molecule has 0 bridgehead atoms. The molecule has 0 aliphatic heterocycles. The van der Waals surface area contributed by atoms with Gasteiger partial charge in [0.15, 0.2) is 0 Å². The first-order valence-electron chi connectivity index (χ1n) is 7.63. The van der Waals surface area contributed by atoms with E-state index in [1.54, 1.807) is 29.2 Å². The lowest BCUT2D eigenvalue weighted by molar-refractivity contribution is -0.148. The molecular weight excluding hydrogens is 296 g/mol. The van der Waals surface area contributed by atoms with Gasteiger partial charge in [-0.1, -0.05) is 0 Å². The van der Waals surface area contributed by atoms with E-state index in [1.165, 1.54) is 13.8 Å². The average molecular weight is 320 g/mol. The first-order valence-corrected chi connectivity index (χ1v) is 7.63. The number of hydrogen-bond acceptors (Lipinski definition) is 3.